The van der Waals surface area contributed by atoms with Gasteiger partial charge in [-0.3, -0.25) is 14.3 Å². The Morgan fingerprint density at radius 3 is 2.23 bits per heavy atom. The van der Waals surface area contributed by atoms with Crippen LogP contribution in [0, 0.1) is 6.92 Å². The molecule has 2 rings (SSSR count). The molecule has 1 atom stereocenters. The van der Waals surface area contributed by atoms with E-state index in [0.717, 1.165) is 11.8 Å². The molecule has 2 amide bonds. The second-order valence-corrected chi connectivity index (χ2v) is 8.35. The van der Waals surface area contributed by atoms with Gasteiger partial charge in [-0.05, 0) is 31.5 Å². The van der Waals surface area contributed by atoms with Crippen molar-refractivity contribution >= 4 is 33.2 Å². The zero-order valence-corrected chi connectivity index (χ0v) is 16.4. The van der Waals surface area contributed by atoms with Crippen molar-refractivity contribution in [3.05, 3.63) is 23.8 Å². The minimum absolute atomic E-state index is 0.0221. The summed E-state index contributed by atoms with van der Waals surface area (Å²) in [6.07, 6.45) is 1.10. The van der Waals surface area contributed by atoms with Crippen molar-refractivity contribution in [2.45, 2.75) is 26.8 Å². The fraction of sp³-hybridized carbons (Fsp3) is 0.529. The molecule has 1 heterocycles. The van der Waals surface area contributed by atoms with E-state index in [4.69, 9.17) is 0 Å². The molecule has 0 saturated carbocycles. The van der Waals surface area contributed by atoms with E-state index in [1.165, 1.54) is 6.92 Å². The van der Waals surface area contributed by atoms with Crippen molar-refractivity contribution in [2.75, 3.05) is 42.5 Å². The Bertz CT molecular complexity index is 786. The van der Waals surface area contributed by atoms with Crippen LogP contribution in [0.2, 0.25) is 0 Å². The predicted molar refractivity (Wildman–Crippen MR) is 102 cm³/mol. The average molecular weight is 382 g/mol. The first kappa shape index (κ1) is 20.0. The van der Waals surface area contributed by atoms with Gasteiger partial charge in [0.25, 0.3) is 0 Å². The maximum atomic E-state index is 12.6. The number of piperazine rings is 1. The van der Waals surface area contributed by atoms with Gasteiger partial charge in [-0.1, -0.05) is 6.07 Å². The van der Waals surface area contributed by atoms with Gasteiger partial charge < -0.3 is 15.1 Å². The minimum Gasteiger partial charge on any atom is -0.374 e. The standard InChI is InChI=1S/C17H26N4O4S/c1-12-5-6-15(11-16(12)19-26(4,24)25)18-13(2)17(23)21-9-7-20(8-10-21)14(3)22/h5-6,11,13,18-19H,7-10H2,1-4H3. The molecule has 0 spiro atoms. The van der Waals surface area contributed by atoms with Gasteiger partial charge >= 0.3 is 0 Å². The quantitative estimate of drug-likeness (QED) is 0.787. The van der Waals surface area contributed by atoms with Gasteiger partial charge in [-0.25, -0.2) is 8.42 Å². The Kier molecular flexibility index (Phi) is 6.12. The summed E-state index contributed by atoms with van der Waals surface area (Å²) in [5.41, 5.74) is 1.93. The highest BCUT2D eigenvalue weighted by Crippen LogP contribution is 2.22. The van der Waals surface area contributed by atoms with E-state index in [9.17, 15) is 18.0 Å². The van der Waals surface area contributed by atoms with Gasteiger partial charge in [0.15, 0.2) is 0 Å². The summed E-state index contributed by atoms with van der Waals surface area (Å²) >= 11 is 0. The Morgan fingerprint density at radius 2 is 1.69 bits per heavy atom. The summed E-state index contributed by atoms with van der Waals surface area (Å²) < 4.78 is 25.4. The number of carbonyl (C=O) groups excluding carboxylic acids is 2. The predicted octanol–water partition coefficient (Wildman–Crippen LogP) is 0.858. The van der Waals surface area contributed by atoms with Gasteiger partial charge in [0.1, 0.15) is 6.04 Å². The van der Waals surface area contributed by atoms with Crippen LogP contribution in [0.1, 0.15) is 19.4 Å². The highest BCUT2D eigenvalue weighted by molar-refractivity contribution is 7.92. The maximum absolute atomic E-state index is 12.6. The number of sulfonamides is 1. The lowest BCUT2D eigenvalue weighted by Crippen LogP contribution is -2.53. The Hall–Kier alpha value is -2.29. The van der Waals surface area contributed by atoms with Gasteiger partial charge in [0.2, 0.25) is 21.8 Å². The van der Waals surface area contributed by atoms with Gasteiger partial charge in [-0.2, -0.15) is 0 Å². The van der Waals surface area contributed by atoms with Gasteiger partial charge in [0, 0.05) is 38.8 Å². The number of nitrogens with zero attached hydrogens (tertiary/aromatic N) is 2. The van der Waals surface area contributed by atoms with Crippen molar-refractivity contribution in [1.29, 1.82) is 0 Å². The molecule has 1 unspecified atom stereocenters. The van der Waals surface area contributed by atoms with Gasteiger partial charge in [0.05, 0.1) is 11.9 Å². The van der Waals surface area contributed by atoms with Crippen LogP contribution in [-0.4, -0.2) is 68.5 Å². The van der Waals surface area contributed by atoms with Crippen LogP contribution < -0.4 is 10.0 Å². The molecule has 26 heavy (non-hydrogen) atoms. The van der Waals surface area contributed by atoms with Crippen LogP contribution in [0.15, 0.2) is 18.2 Å². The number of rotatable bonds is 5. The molecule has 1 aliphatic rings. The van der Waals surface area contributed by atoms with E-state index in [0.29, 0.717) is 37.6 Å². The normalized spacial score (nSPS) is 16.2. The Morgan fingerprint density at radius 1 is 1.12 bits per heavy atom. The van der Waals surface area contributed by atoms with Crippen molar-refractivity contribution in [3.63, 3.8) is 0 Å². The third kappa shape index (κ3) is 5.35. The zero-order chi connectivity index (χ0) is 19.5. The molecule has 8 nitrogen and oxygen atoms in total. The number of anilines is 2. The number of carbonyl (C=O) groups is 2. The minimum atomic E-state index is -3.38. The van der Waals surface area contributed by atoms with E-state index in [1.54, 1.807) is 41.8 Å². The smallest absolute Gasteiger partial charge is 0.244 e. The van der Waals surface area contributed by atoms with Crippen LogP contribution >= 0.6 is 0 Å². The van der Waals surface area contributed by atoms with Crippen LogP contribution in [0.4, 0.5) is 11.4 Å². The monoisotopic (exact) mass is 382 g/mol. The highest BCUT2D eigenvalue weighted by atomic mass is 32.2. The van der Waals surface area contributed by atoms with E-state index in [1.807, 2.05) is 0 Å². The molecule has 1 saturated heterocycles. The molecule has 9 heteroatoms. The average Bonchev–Trinajstić information content (AvgIpc) is 2.56. The summed E-state index contributed by atoms with van der Waals surface area (Å²) in [5.74, 6) is -0.0276. The maximum Gasteiger partial charge on any atom is 0.244 e. The Balaban J connectivity index is 2.01. The molecule has 0 aliphatic carbocycles. The summed E-state index contributed by atoms with van der Waals surface area (Å²) in [7, 11) is -3.38. The number of hydrogen-bond donors (Lipinski definition) is 2. The first-order valence-electron chi connectivity index (χ1n) is 8.46. The molecule has 1 fully saturated rings. The summed E-state index contributed by atoms with van der Waals surface area (Å²) in [6.45, 7) is 7.21. The second kappa shape index (κ2) is 7.94. The highest BCUT2D eigenvalue weighted by Gasteiger charge is 2.25. The SMILES string of the molecule is CC(=O)N1CCN(C(=O)C(C)Nc2ccc(C)c(NS(C)(=O)=O)c2)CC1. The van der Waals surface area contributed by atoms with Crippen molar-refractivity contribution < 1.29 is 18.0 Å². The zero-order valence-electron chi connectivity index (χ0n) is 15.6. The van der Waals surface area contributed by atoms with Gasteiger partial charge in [-0.15, -0.1) is 0 Å². The second-order valence-electron chi connectivity index (χ2n) is 6.60. The molecule has 0 bridgehead atoms. The third-order valence-corrected chi connectivity index (χ3v) is 4.91. The van der Waals surface area contributed by atoms with Crippen LogP contribution in [0.3, 0.4) is 0 Å². The van der Waals surface area contributed by atoms with Crippen LogP contribution in [0.5, 0.6) is 0 Å². The van der Waals surface area contributed by atoms with Crippen LogP contribution in [-0.2, 0) is 19.6 Å². The van der Waals surface area contributed by atoms with E-state index < -0.39 is 16.1 Å². The van der Waals surface area contributed by atoms with E-state index in [-0.39, 0.29) is 11.8 Å². The number of hydrogen-bond acceptors (Lipinski definition) is 5. The fourth-order valence-corrected chi connectivity index (χ4v) is 3.47. The number of nitrogens with one attached hydrogen (secondary N) is 2. The molecule has 144 valence electrons. The largest absolute Gasteiger partial charge is 0.374 e. The topological polar surface area (TPSA) is 98.8 Å². The Labute approximate surface area is 154 Å². The molecule has 0 aromatic heterocycles. The molecule has 0 radical (unpaired) electrons. The van der Waals surface area contributed by atoms with Crippen molar-refractivity contribution in [1.82, 2.24) is 9.80 Å². The number of aryl methyl sites for hydroxylation is 1. The lowest BCUT2D eigenvalue weighted by molar-refractivity contribution is -0.138. The molecule has 1 aliphatic heterocycles. The molecule has 1 aromatic rings. The fourth-order valence-electron chi connectivity index (χ4n) is 2.85. The van der Waals surface area contributed by atoms with Crippen LogP contribution in [0.25, 0.3) is 0 Å². The molecular weight excluding hydrogens is 356 g/mol. The summed E-state index contributed by atoms with van der Waals surface area (Å²) in [4.78, 5) is 27.4. The number of benzene rings is 1. The van der Waals surface area contributed by atoms with Crippen molar-refractivity contribution in [3.8, 4) is 0 Å². The number of amides is 2. The van der Waals surface area contributed by atoms with E-state index in [2.05, 4.69) is 10.0 Å². The first-order valence-corrected chi connectivity index (χ1v) is 10.4. The molecule has 1 aromatic carbocycles. The first-order chi connectivity index (χ1) is 12.1. The summed E-state index contributed by atoms with van der Waals surface area (Å²) in [6, 6.07) is 4.81. The third-order valence-electron chi connectivity index (χ3n) is 4.32. The lowest BCUT2D eigenvalue weighted by Gasteiger charge is -2.35. The summed E-state index contributed by atoms with van der Waals surface area (Å²) in [5, 5.41) is 3.12. The molecular formula is C17H26N4O4S. The van der Waals surface area contributed by atoms with E-state index >= 15 is 0 Å². The molecule has 2 N–H and O–H groups in total. The lowest BCUT2D eigenvalue weighted by atomic mass is 10.1. The van der Waals surface area contributed by atoms with Crippen molar-refractivity contribution in [2.24, 2.45) is 0 Å².